The van der Waals surface area contributed by atoms with E-state index in [9.17, 15) is 0 Å². The minimum Gasteiger partial charge on any atom is -0.454 e. The molecule has 0 radical (unpaired) electrons. The first-order valence-corrected chi connectivity index (χ1v) is 16.1. The van der Waals surface area contributed by atoms with Gasteiger partial charge in [0.05, 0.1) is 11.1 Å². The molecular weight excluding hydrogens is 601 g/mol. The molecule has 6 aromatic carbocycles. The van der Waals surface area contributed by atoms with Crippen LogP contribution in [0.1, 0.15) is 0 Å². The summed E-state index contributed by atoms with van der Waals surface area (Å²) in [4.78, 5) is 19.8. The van der Waals surface area contributed by atoms with E-state index in [0.717, 1.165) is 44.1 Å². The molecule has 7 heteroatoms. The molecule has 0 aliphatic heterocycles. The van der Waals surface area contributed by atoms with E-state index in [2.05, 4.69) is 54.6 Å². The van der Waals surface area contributed by atoms with Crippen LogP contribution >= 0.6 is 11.3 Å². The van der Waals surface area contributed by atoms with Crippen molar-refractivity contribution in [3.8, 4) is 45.6 Å². The summed E-state index contributed by atoms with van der Waals surface area (Å²) in [5.74, 6) is 2.26. The van der Waals surface area contributed by atoms with Crippen LogP contribution in [0.15, 0.2) is 142 Å². The normalized spacial score (nSPS) is 11.8. The Kier molecular flexibility index (Phi) is 5.64. The fraction of sp³-hybridized carbons (Fsp3) is 0. The Hall–Kier alpha value is -6.18. The van der Waals surface area contributed by atoms with Crippen molar-refractivity contribution in [2.24, 2.45) is 0 Å². The molecule has 0 saturated heterocycles. The van der Waals surface area contributed by atoms with Crippen molar-refractivity contribution in [3.63, 3.8) is 0 Å². The minimum atomic E-state index is 0.517. The lowest BCUT2D eigenvalue weighted by atomic mass is 10.1. The van der Waals surface area contributed by atoms with Crippen LogP contribution in [0.3, 0.4) is 0 Å². The molecule has 0 fully saturated rings. The standard InChI is InChI=1S/C40H22N4O2S/c1-2-10-23(11-3-1)37-42-38(24-20-21-26-25-12-4-7-19-33(25)47-34(26)22-24)44-39(43-37)29-15-8-13-27-28-14-9-16-30(36(28)46-35(27)29)40-41-31-17-5-6-18-32(31)45-40/h1-22H. The average Bonchev–Trinajstić information content (AvgIpc) is 3.84. The smallest absolute Gasteiger partial charge is 0.231 e. The Bertz CT molecular complexity index is 2780. The van der Waals surface area contributed by atoms with Crippen molar-refractivity contribution in [2.75, 3.05) is 0 Å². The van der Waals surface area contributed by atoms with Crippen molar-refractivity contribution in [3.05, 3.63) is 133 Å². The Morgan fingerprint density at radius 1 is 0.426 bits per heavy atom. The number of nitrogens with zero attached hydrogens (tertiary/aromatic N) is 4. The predicted octanol–water partition coefficient (Wildman–Crippen LogP) is 10.9. The zero-order valence-corrected chi connectivity index (χ0v) is 25.5. The topological polar surface area (TPSA) is 77.8 Å². The van der Waals surface area contributed by atoms with E-state index in [0.29, 0.717) is 34.5 Å². The second-order valence-electron chi connectivity index (χ2n) is 11.4. The molecule has 0 aliphatic rings. The van der Waals surface area contributed by atoms with Crippen molar-refractivity contribution in [1.29, 1.82) is 0 Å². The van der Waals surface area contributed by atoms with E-state index in [1.165, 1.54) is 20.2 Å². The minimum absolute atomic E-state index is 0.517. The number of hydrogen-bond acceptors (Lipinski definition) is 7. The van der Waals surface area contributed by atoms with Crippen molar-refractivity contribution in [2.45, 2.75) is 0 Å². The highest BCUT2D eigenvalue weighted by Crippen LogP contribution is 2.41. The van der Waals surface area contributed by atoms with Crippen molar-refractivity contribution >= 4 is 64.5 Å². The number of para-hydroxylation sites is 4. The number of benzene rings is 6. The van der Waals surface area contributed by atoms with Gasteiger partial charge in [0.15, 0.2) is 23.1 Å². The van der Waals surface area contributed by atoms with Crippen LogP contribution in [0.4, 0.5) is 0 Å². The summed E-state index contributed by atoms with van der Waals surface area (Å²) in [5.41, 5.74) is 6.35. The second-order valence-corrected chi connectivity index (χ2v) is 12.5. The zero-order chi connectivity index (χ0) is 30.9. The Labute approximate surface area is 271 Å². The second kappa shape index (κ2) is 10.2. The van der Waals surface area contributed by atoms with Crippen LogP contribution in [0.5, 0.6) is 0 Å². The third-order valence-corrected chi connectivity index (χ3v) is 9.73. The summed E-state index contributed by atoms with van der Waals surface area (Å²) in [5, 5.41) is 4.42. The maximum Gasteiger partial charge on any atom is 0.231 e. The summed E-state index contributed by atoms with van der Waals surface area (Å²) in [6.07, 6.45) is 0. The molecule has 0 saturated carbocycles. The van der Waals surface area contributed by atoms with Gasteiger partial charge in [-0.25, -0.2) is 19.9 Å². The van der Waals surface area contributed by atoms with E-state index < -0.39 is 0 Å². The lowest BCUT2D eigenvalue weighted by Crippen LogP contribution is -2.00. The molecule has 0 unspecified atom stereocenters. The van der Waals surface area contributed by atoms with Crippen molar-refractivity contribution in [1.82, 2.24) is 19.9 Å². The van der Waals surface area contributed by atoms with E-state index in [1.807, 2.05) is 78.9 Å². The summed E-state index contributed by atoms with van der Waals surface area (Å²) >= 11 is 1.78. The molecule has 4 heterocycles. The summed E-state index contributed by atoms with van der Waals surface area (Å²) in [7, 11) is 0. The lowest BCUT2D eigenvalue weighted by Gasteiger charge is -2.09. The summed E-state index contributed by atoms with van der Waals surface area (Å²) in [6.45, 7) is 0. The summed E-state index contributed by atoms with van der Waals surface area (Å²) < 4.78 is 15.3. The molecule has 0 bridgehead atoms. The molecule has 10 aromatic rings. The molecule has 6 nitrogen and oxygen atoms in total. The van der Waals surface area contributed by atoms with Crippen molar-refractivity contribution < 1.29 is 8.83 Å². The van der Waals surface area contributed by atoms with Crippen LogP contribution in [0.25, 0.3) is 98.8 Å². The van der Waals surface area contributed by atoms with Gasteiger partial charge in [0.25, 0.3) is 0 Å². The Morgan fingerprint density at radius 3 is 1.94 bits per heavy atom. The maximum absolute atomic E-state index is 6.70. The van der Waals surface area contributed by atoms with Crippen LogP contribution in [-0.4, -0.2) is 19.9 Å². The van der Waals surface area contributed by atoms with Gasteiger partial charge < -0.3 is 8.83 Å². The van der Waals surface area contributed by atoms with Gasteiger partial charge in [0.2, 0.25) is 5.89 Å². The molecule has 4 aromatic heterocycles. The molecule has 0 spiro atoms. The number of oxazole rings is 1. The Balaban J connectivity index is 1.18. The highest BCUT2D eigenvalue weighted by Gasteiger charge is 2.21. The molecule has 47 heavy (non-hydrogen) atoms. The van der Waals surface area contributed by atoms with Gasteiger partial charge in [0.1, 0.15) is 16.7 Å². The number of hydrogen-bond donors (Lipinski definition) is 0. The largest absolute Gasteiger partial charge is 0.454 e. The first-order chi connectivity index (χ1) is 23.3. The van der Waals surface area contributed by atoms with Gasteiger partial charge in [0, 0.05) is 42.1 Å². The first-order valence-electron chi connectivity index (χ1n) is 15.3. The van der Waals surface area contributed by atoms with Crippen LogP contribution < -0.4 is 0 Å². The fourth-order valence-corrected chi connectivity index (χ4v) is 7.50. The molecule has 0 amide bonds. The average molecular weight is 623 g/mol. The number of thiophene rings is 1. The lowest BCUT2D eigenvalue weighted by molar-refractivity contribution is 0.615. The third kappa shape index (κ3) is 4.17. The van der Waals surface area contributed by atoms with E-state index in [1.54, 1.807) is 11.3 Å². The molecule has 0 aliphatic carbocycles. The SMILES string of the molecule is c1ccc(-c2nc(-c3ccc4c(c3)sc3ccccc34)nc(-c3cccc4c3oc3c(-c5nc6ccccc6o5)cccc34)n2)cc1. The number of aromatic nitrogens is 4. The molecule has 220 valence electrons. The van der Waals surface area contributed by atoms with E-state index >= 15 is 0 Å². The zero-order valence-electron chi connectivity index (χ0n) is 24.7. The van der Waals surface area contributed by atoms with E-state index in [4.69, 9.17) is 28.8 Å². The Morgan fingerprint density at radius 2 is 1.09 bits per heavy atom. The van der Waals surface area contributed by atoms with Crippen LogP contribution in [0.2, 0.25) is 0 Å². The molecular formula is C40H22N4O2S. The molecule has 0 N–H and O–H groups in total. The maximum atomic E-state index is 6.70. The molecule has 0 atom stereocenters. The molecule has 10 rings (SSSR count). The van der Waals surface area contributed by atoms with Crippen LogP contribution in [-0.2, 0) is 0 Å². The highest BCUT2D eigenvalue weighted by atomic mass is 32.1. The summed E-state index contributed by atoms with van der Waals surface area (Å²) in [6, 6.07) is 44.9. The first kappa shape index (κ1) is 26.1. The predicted molar refractivity (Wildman–Crippen MR) is 189 cm³/mol. The number of fused-ring (bicyclic) bond motifs is 7. The van der Waals surface area contributed by atoms with Gasteiger partial charge in [-0.1, -0.05) is 97.1 Å². The van der Waals surface area contributed by atoms with Gasteiger partial charge >= 0.3 is 0 Å². The van der Waals surface area contributed by atoms with Gasteiger partial charge in [-0.3, -0.25) is 0 Å². The monoisotopic (exact) mass is 622 g/mol. The van der Waals surface area contributed by atoms with Crippen LogP contribution in [0, 0.1) is 0 Å². The van der Waals surface area contributed by atoms with Gasteiger partial charge in [-0.05, 0) is 36.4 Å². The third-order valence-electron chi connectivity index (χ3n) is 8.59. The fourth-order valence-electron chi connectivity index (χ4n) is 6.36. The number of rotatable bonds is 4. The van der Waals surface area contributed by atoms with Gasteiger partial charge in [-0.15, -0.1) is 11.3 Å². The van der Waals surface area contributed by atoms with E-state index in [-0.39, 0.29) is 0 Å². The van der Waals surface area contributed by atoms with Gasteiger partial charge in [-0.2, -0.15) is 0 Å². The quantitative estimate of drug-likeness (QED) is 0.194. The number of furan rings is 1. The highest BCUT2D eigenvalue weighted by molar-refractivity contribution is 7.25.